The van der Waals surface area contributed by atoms with Gasteiger partial charge in [-0.1, -0.05) is 20.8 Å². The molecule has 6 heteroatoms. The van der Waals surface area contributed by atoms with Crippen molar-refractivity contribution in [3.05, 3.63) is 24.3 Å². The average Bonchev–Trinajstić information content (AvgIpc) is 2.47. The molecule has 0 spiro atoms. The lowest BCUT2D eigenvalue weighted by atomic mass is 9.89. The highest BCUT2D eigenvalue weighted by Crippen LogP contribution is 2.19. The summed E-state index contributed by atoms with van der Waals surface area (Å²) in [6, 6.07) is 6.51. The summed E-state index contributed by atoms with van der Waals surface area (Å²) in [5.41, 5.74) is -0.530. The molecule has 0 bridgehead atoms. The van der Waals surface area contributed by atoms with Gasteiger partial charge in [-0.2, -0.15) is 0 Å². The summed E-state index contributed by atoms with van der Waals surface area (Å²) in [4.78, 5) is 27.6. The average molecular weight is 321 g/mol. The molecule has 23 heavy (non-hydrogen) atoms. The Hall–Kier alpha value is -2.37. The Balaban J connectivity index is 2.76. The molecule has 126 valence electrons. The van der Waals surface area contributed by atoms with Gasteiger partial charge in [-0.15, -0.1) is 4.99 Å². The standard InChI is InChI=1S/C17H23NO5/c1-6-22-15(11-14(19)17(2,3)4)18-16(20)23-13-9-7-12(21-5)8-10-13/h7-10H,6,11H2,1-5H3/b18-15+. The number of Topliss-reactive ketones (excluding diaryl/α,β-unsaturated/α-hetero) is 1. The van der Waals surface area contributed by atoms with Gasteiger partial charge >= 0.3 is 6.09 Å². The molecule has 0 unspecified atom stereocenters. The number of carbonyl (C=O) groups excluding carboxylic acids is 2. The highest BCUT2D eigenvalue weighted by Gasteiger charge is 2.24. The van der Waals surface area contributed by atoms with Crippen molar-refractivity contribution < 1.29 is 23.8 Å². The lowest BCUT2D eigenvalue weighted by Gasteiger charge is -2.17. The molecule has 0 fully saturated rings. The Labute approximate surface area is 136 Å². The Morgan fingerprint density at radius 3 is 2.13 bits per heavy atom. The fourth-order valence-corrected chi connectivity index (χ4v) is 1.56. The van der Waals surface area contributed by atoms with Gasteiger partial charge in [0.25, 0.3) is 0 Å². The van der Waals surface area contributed by atoms with Crippen LogP contribution in [0.25, 0.3) is 0 Å². The van der Waals surface area contributed by atoms with E-state index >= 15 is 0 Å². The van der Waals surface area contributed by atoms with Crippen molar-refractivity contribution in [1.82, 2.24) is 0 Å². The molecule has 1 rings (SSSR count). The van der Waals surface area contributed by atoms with Crippen LogP contribution in [0.3, 0.4) is 0 Å². The number of ether oxygens (including phenoxy) is 3. The summed E-state index contributed by atoms with van der Waals surface area (Å²) in [5.74, 6) is 0.976. The largest absolute Gasteiger partial charge is 0.497 e. The Kier molecular flexibility index (Phi) is 6.75. The summed E-state index contributed by atoms with van der Waals surface area (Å²) in [6.07, 6.45) is -0.880. The van der Waals surface area contributed by atoms with Crippen LogP contribution < -0.4 is 9.47 Å². The van der Waals surface area contributed by atoms with Crippen LogP contribution in [-0.2, 0) is 9.53 Å². The van der Waals surface area contributed by atoms with Crippen LogP contribution in [-0.4, -0.2) is 31.5 Å². The van der Waals surface area contributed by atoms with E-state index in [-0.39, 0.29) is 18.1 Å². The van der Waals surface area contributed by atoms with Gasteiger partial charge in [0.05, 0.1) is 20.1 Å². The van der Waals surface area contributed by atoms with Gasteiger partial charge in [0, 0.05) is 5.41 Å². The van der Waals surface area contributed by atoms with Gasteiger partial charge in [0.2, 0.25) is 5.90 Å². The Bertz CT molecular complexity index is 570. The van der Waals surface area contributed by atoms with E-state index in [0.29, 0.717) is 18.1 Å². The van der Waals surface area contributed by atoms with Crippen molar-refractivity contribution in [1.29, 1.82) is 0 Å². The minimum Gasteiger partial charge on any atom is -0.497 e. The van der Waals surface area contributed by atoms with Gasteiger partial charge < -0.3 is 14.2 Å². The quantitative estimate of drug-likeness (QED) is 0.611. The maximum Gasteiger partial charge on any atom is 0.442 e. The smallest absolute Gasteiger partial charge is 0.442 e. The topological polar surface area (TPSA) is 74.2 Å². The van der Waals surface area contributed by atoms with Crippen molar-refractivity contribution in [3.63, 3.8) is 0 Å². The molecule has 0 N–H and O–H groups in total. The predicted octanol–water partition coefficient (Wildman–Crippen LogP) is 3.63. The number of hydrogen-bond acceptors (Lipinski definition) is 5. The number of rotatable bonds is 5. The third-order valence-electron chi connectivity index (χ3n) is 2.94. The Morgan fingerprint density at radius 1 is 1.09 bits per heavy atom. The number of methoxy groups -OCH3 is 1. The molecule has 1 aromatic rings. The van der Waals surface area contributed by atoms with Crippen LogP contribution >= 0.6 is 0 Å². The molecule has 0 saturated heterocycles. The first-order valence-corrected chi connectivity index (χ1v) is 7.35. The summed E-state index contributed by atoms with van der Waals surface area (Å²) in [5, 5.41) is 0. The van der Waals surface area contributed by atoms with Crippen molar-refractivity contribution in [2.45, 2.75) is 34.1 Å². The number of carbonyl (C=O) groups is 2. The van der Waals surface area contributed by atoms with Crippen LogP contribution in [0.4, 0.5) is 4.79 Å². The van der Waals surface area contributed by atoms with Crippen molar-refractivity contribution in [2.75, 3.05) is 13.7 Å². The zero-order valence-corrected chi connectivity index (χ0v) is 14.2. The molecule has 0 radical (unpaired) electrons. The fraction of sp³-hybridized carbons (Fsp3) is 0.471. The molecule has 0 atom stereocenters. The normalized spacial score (nSPS) is 11.8. The molecule has 6 nitrogen and oxygen atoms in total. The number of amides is 1. The highest BCUT2D eigenvalue weighted by atomic mass is 16.6. The first kappa shape index (κ1) is 18.7. The third-order valence-corrected chi connectivity index (χ3v) is 2.94. The minimum absolute atomic E-state index is 0.0466. The first-order chi connectivity index (χ1) is 10.8. The molecule has 0 heterocycles. The number of ketones is 1. The van der Waals surface area contributed by atoms with Crippen LogP contribution in [0, 0.1) is 5.41 Å². The second-order valence-electron chi connectivity index (χ2n) is 5.83. The molecule has 0 aromatic heterocycles. The molecule has 1 amide bonds. The van der Waals surface area contributed by atoms with Gasteiger partial charge in [-0.3, -0.25) is 4.79 Å². The predicted molar refractivity (Wildman–Crippen MR) is 87.2 cm³/mol. The highest BCUT2D eigenvalue weighted by molar-refractivity contribution is 6.03. The van der Waals surface area contributed by atoms with Crippen LogP contribution in [0.5, 0.6) is 11.5 Å². The van der Waals surface area contributed by atoms with Crippen LogP contribution in [0.15, 0.2) is 29.3 Å². The summed E-state index contributed by atoms with van der Waals surface area (Å²) in [7, 11) is 1.55. The number of nitrogens with zero attached hydrogens (tertiary/aromatic N) is 1. The summed E-state index contributed by atoms with van der Waals surface area (Å²) < 4.78 is 15.4. The van der Waals surface area contributed by atoms with E-state index in [1.807, 2.05) is 0 Å². The first-order valence-electron chi connectivity index (χ1n) is 7.35. The number of benzene rings is 1. The van der Waals surface area contributed by atoms with Gasteiger partial charge in [0.1, 0.15) is 17.3 Å². The number of aliphatic imine (C=N–C) groups is 1. The second kappa shape index (κ2) is 8.31. The lowest BCUT2D eigenvalue weighted by Crippen LogP contribution is -2.25. The third kappa shape index (κ3) is 6.50. The zero-order chi connectivity index (χ0) is 17.5. The number of hydrogen-bond donors (Lipinski definition) is 0. The van der Waals surface area contributed by atoms with Crippen molar-refractivity contribution >= 4 is 17.8 Å². The summed E-state index contributed by atoms with van der Waals surface area (Å²) >= 11 is 0. The second-order valence-corrected chi connectivity index (χ2v) is 5.83. The van der Waals surface area contributed by atoms with E-state index in [2.05, 4.69) is 4.99 Å². The van der Waals surface area contributed by atoms with Crippen LogP contribution in [0.1, 0.15) is 34.1 Å². The molecular formula is C17H23NO5. The van der Waals surface area contributed by atoms with E-state index in [1.54, 1.807) is 59.1 Å². The van der Waals surface area contributed by atoms with Crippen molar-refractivity contribution in [3.8, 4) is 11.5 Å². The maximum absolute atomic E-state index is 12.0. The molecule has 0 aliphatic heterocycles. The monoisotopic (exact) mass is 321 g/mol. The molecule has 0 aliphatic carbocycles. The van der Waals surface area contributed by atoms with Crippen LogP contribution in [0.2, 0.25) is 0 Å². The van der Waals surface area contributed by atoms with E-state index in [1.165, 1.54) is 0 Å². The minimum atomic E-state index is -0.833. The molecule has 0 aliphatic rings. The fourth-order valence-electron chi connectivity index (χ4n) is 1.56. The molecule has 1 aromatic carbocycles. The maximum atomic E-state index is 12.0. The van der Waals surface area contributed by atoms with E-state index in [4.69, 9.17) is 14.2 Å². The Morgan fingerprint density at radius 2 is 1.65 bits per heavy atom. The zero-order valence-electron chi connectivity index (χ0n) is 14.2. The SMILES string of the molecule is CCO/C(CC(=O)C(C)(C)C)=N/C(=O)Oc1ccc(OC)cc1. The van der Waals surface area contributed by atoms with E-state index < -0.39 is 11.5 Å². The van der Waals surface area contributed by atoms with Gasteiger partial charge in [0.15, 0.2) is 0 Å². The molecular weight excluding hydrogens is 298 g/mol. The van der Waals surface area contributed by atoms with Crippen molar-refractivity contribution in [2.24, 2.45) is 10.4 Å². The van der Waals surface area contributed by atoms with E-state index in [0.717, 1.165) is 0 Å². The summed E-state index contributed by atoms with van der Waals surface area (Å²) in [6.45, 7) is 7.47. The lowest BCUT2D eigenvalue weighted by molar-refractivity contribution is -0.125. The molecule has 0 saturated carbocycles. The van der Waals surface area contributed by atoms with Gasteiger partial charge in [-0.05, 0) is 31.2 Å². The van der Waals surface area contributed by atoms with E-state index in [9.17, 15) is 9.59 Å². The van der Waals surface area contributed by atoms with Gasteiger partial charge in [-0.25, -0.2) is 4.79 Å².